The zero-order chi connectivity index (χ0) is 19.9. The molecule has 7 heteroatoms. The van der Waals surface area contributed by atoms with Crippen molar-refractivity contribution in [1.29, 1.82) is 0 Å². The van der Waals surface area contributed by atoms with Crippen LogP contribution < -0.4 is 10.7 Å². The van der Waals surface area contributed by atoms with Gasteiger partial charge in [0.15, 0.2) is 5.69 Å². The van der Waals surface area contributed by atoms with E-state index in [-0.39, 0.29) is 5.69 Å². The van der Waals surface area contributed by atoms with Crippen LogP contribution >= 0.6 is 23.4 Å². The van der Waals surface area contributed by atoms with Gasteiger partial charge in [0, 0.05) is 34.8 Å². The largest absolute Gasteiger partial charge is 0.350 e. The van der Waals surface area contributed by atoms with Crippen molar-refractivity contribution in [3.63, 3.8) is 0 Å². The number of carbonyl (C=O) groups is 1. The molecule has 0 fully saturated rings. The van der Waals surface area contributed by atoms with Crippen LogP contribution in [0, 0.1) is 6.92 Å². The lowest BCUT2D eigenvalue weighted by atomic mass is 10.2. The maximum atomic E-state index is 12.4. The number of benzene rings is 2. The highest BCUT2D eigenvalue weighted by atomic mass is 35.5. The number of nitrogens with one attached hydrogen (secondary N) is 1. The van der Waals surface area contributed by atoms with E-state index in [0.717, 1.165) is 17.2 Å². The van der Waals surface area contributed by atoms with Gasteiger partial charge in [0.1, 0.15) is 0 Å². The summed E-state index contributed by atoms with van der Waals surface area (Å²) in [7, 11) is 0. The molecule has 5 nitrogen and oxygen atoms in total. The van der Waals surface area contributed by atoms with Crippen LogP contribution in [0.2, 0.25) is 5.02 Å². The third kappa shape index (κ3) is 5.24. The number of amides is 1. The fourth-order valence-electron chi connectivity index (χ4n) is 2.63. The molecular formula is C21H20ClN3O2S. The van der Waals surface area contributed by atoms with Crippen molar-refractivity contribution in [2.75, 3.05) is 12.3 Å². The average molecular weight is 414 g/mol. The molecule has 1 aromatic heterocycles. The van der Waals surface area contributed by atoms with E-state index in [1.807, 2.05) is 18.2 Å². The minimum Gasteiger partial charge on any atom is -0.350 e. The lowest BCUT2D eigenvalue weighted by Crippen LogP contribution is -2.33. The smallest absolute Gasteiger partial charge is 0.275 e. The molecule has 0 saturated carbocycles. The van der Waals surface area contributed by atoms with Gasteiger partial charge in [-0.1, -0.05) is 41.9 Å². The minimum atomic E-state index is -0.465. The number of rotatable bonds is 7. The standard InChI is InChI=1S/C21H20ClN3O2S/c1-15-13-19(26)20(24-25(15)18-9-7-17(22)8-10-18)21(27)23-11-12-28-14-16-5-3-2-4-6-16/h2-10,13H,11-12,14H2,1H3,(H,23,27). The molecule has 0 unspecified atom stereocenters. The van der Waals surface area contributed by atoms with Crippen LogP contribution in [0.4, 0.5) is 0 Å². The molecular weight excluding hydrogens is 394 g/mol. The van der Waals surface area contributed by atoms with Crippen molar-refractivity contribution in [3.8, 4) is 5.69 Å². The van der Waals surface area contributed by atoms with Crippen LogP contribution in [0.3, 0.4) is 0 Å². The number of nitrogens with zero attached hydrogens (tertiary/aromatic N) is 2. The first kappa shape index (κ1) is 20.2. The van der Waals surface area contributed by atoms with Crippen molar-refractivity contribution in [1.82, 2.24) is 15.1 Å². The van der Waals surface area contributed by atoms with E-state index in [9.17, 15) is 9.59 Å². The molecule has 0 aliphatic rings. The lowest BCUT2D eigenvalue weighted by molar-refractivity contribution is 0.0948. The predicted octanol–water partition coefficient (Wildman–Crippen LogP) is 3.86. The quantitative estimate of drug-likeness (QED) is 0.597. The van der Waals surface area contributed by atoms with Gasteiger partial charge >= 0.3 is 0 Å². The van der Waals surface area contributed by atoms with Crippen LogP contribution in [0.5, 0.6) is 0 Å². The summed E-state index contributed by atoms with van der Waals surface area (Å²) in [6.45, 7) is 2.23. The molecule has 3 aromatic rings. The SMILES string of the molecule is Cc1cc(=O)c(C(=O)NCCSCc2ccccc2)nn1-c1ccc(Cl)cc1. The van der Waals surface area contributed by atoms with E-state index in [4.69, 9.17) is 11.6 Å². The number of thioether (sulfide) groups is 1. The number of hydrogen-bond donors (Lipinski definition) is 1. The van der Waals surface area contributed by atoms with Crippen LogP contribution in [0.15, 0.2) is 65.5 Å². The second-order valence-electron chi connectivity index (χ2n) is 6.18. The Balaban J connectivity index is 1.62. The second-order valence-corrected chi connectivity index (χ2v) is 7.72. The van der Waals surface area contributed by atoms with E-state index in [0.29, 0.717) is 17.3 Å². The summed E-state index contributed by atoms with van der Waals surface area (Å²) in [5.41, 5.74) is 2.10. The molecule has 144 valence electrons. The third-order valence-electron chi connectivity index (χ3n) is 4.04. The van der Waals surface area contributed by atoms with E-state index in [1.165, 1.54) is 11.6 Å². The van der Waals surface area contributed by atoms with Crippen LogP contribution in [0.1, 0.15) is 21.7 Å². The van der Waals surface area contributed by atoms with E-state index in [2.05, 4.69) is 22.5 Å². The Morgan fingerprint density at radius 2 is 1.86 bits per heavy atom. The summed E-state index contributed by atoms with van der Waals surface area (Å²) in [4.78, 5) is 24.7. The molecule has 2 aromatic carbocycles. The number of aromatic nitrogens is 2. The van der Waals surface area contributed by atoms with Crippen molar-refractivity contribution in [2.45, 2.75) is 12.7 Å². The summed E-state index contributed by atoms with van der Waals surface area (Å²) in [6, 6.07) is 18.6. The molecule has 0 aliphatic heterocycles. The zero-order valence-corrected chi connectivity index (χ0v) is 17.0. The van der Waals surface area contributed by atoms with Gasteiger partial charge in [0.25, 0.3) is 5.91 Å². The van der Waals surface area contributed by atoms with Gasteiger partial charge in [-0.3, -0.25) is 9.59 Å². The summed E-state index contributed by atoms with van der Waals surface area (Å²) in [5.74, 6) is 1.16. The molecule has 0 aliphatic carbocycles. The molecule has 28 heavy (non-hydrogen) atoms. The normalized spacial score (nSPS) is 10.6. The molecule has 3 rings (SSSR count). The Labute approximate surface area is 172 Å². The summed E-state index contributed by atoms with van der Waals surface area (Å²) in [5, 5.41) is 7.64. The number of aryl methyl sites for hydroxylation is 1. The summed E-state index contributed by atoms with van der Waals surface area (Å²) >= 11 is 7.64. The van der Waals surface area contributed by atoms with Crippen molar-refractivity contribution >= 4 is 29.3 Å². The molecule has 0 spiro atoms. The Bertz CT molecular complexity index is 1000. The van der Waals surface area contributed by atoms with Crippen molar-refractivity contribution < 1.29 is 4.79 Å². The number of halogens is 1. The molecule has 1 amide bonds. The van der Waals surface area contributed by atoms with E-state index >= 15 is 0 Å². The fourth-order valence-corrected chi connectivity index (χ4v) is 3.58. The maximum absolute atomic E-state index is 12.4. The third-order valence-corrected chi connectivity index (χ3v) is 5.32. The van der Waals surface area contributed by atoms with Gasteiger partial charge in [-0.2, -0.15) is 16.9 Å². The van der Waals surface area contributed by atoms with Gasteiger partial charge in [-0.25, -0.2) is 4.68 Å². The molecule has 1 N–H and O–H groups in total. The van der Waals surface area contributed by atoms with Crippen LogP contribution in [-0.4, -0.2) is 28.0 Å². The van der Waals surface area contributed by atoms with Crippen LogP contribution in [0.25, 0.3) is 5.69 Å². The van der Waals surface area contributed by atoms with E-state index in [1.54, 1.807) is 47.6 Å². The summed E-state index contributed by atoms with van der Waals surface area (Å²) < 4.78 is 1.57. The Morgan fingerprint density at radius 3 is 2.57 bits per heavy atom. The average Bonchev–Trinajstić information content (AvgIpc) is 2.69. The zero-order valence-electron chi connectivity index (χ0n) is 15.4. The molecule has 0 atom stereocenters. The molecule has 1 heterocycles. The summed E-state index contributed by atoms with van der Waals surface area (Å²) in [6.07, 6.45) is 0. The first-order chi connectivity index (χ1) is 13.5. The first-order valence-corrected chi connectivity index (χ1v) is 10.3. The Hall–Kier alpha value is -2.57. The van der Waals surface area contributed by atoms with Crippen LogP contribution in [-0.2, 0) is 5.75 Å². The number of carbonyl (C=O) groups excluding carboxylic acids is 1. The highest BCUT2D eigenvalue weighted by molar-refractivity contribution is 7.98. The van der Waals surface area contributed by atoms with Gasteiger partial charge in [-0.05, 0) is 36.8 Å². The second kappa shape index (κ2) is 9.57. The monoisotopic (exact) mass is 413 g/mol. The van der Waals surface area contributed by atoms with E-state index < -0.39 is 11.3 Å². The highest BCUT2D eigenvalue weighted by Crippen LogP contribution is 2.14. The van der Waals surface area contributed by atoms with Crippen molar-refractivity contribution in [2.24, 2.45) is 0 Å². The predicted molar refractivity (Wildman–Crippen MR) is 115 cm³/mol. The Kier molecular flexibility index (Phi) is 6.90. The first-order valence-electron chi connectivity index (χ1n) is 8.81. The van der Waals surface area contributed by atoms with Crippen molar-refractivity contribution in [3.05, 3.63) is 92.9 Å². The Morgan fingerprint density at radius 1 is 1.14 bits per heavy atom. The molecule has 0 radical (unpaired) electrons. The topological polar surface area (TPSA) is 64.0 Å². The van der Waals surface area contributed by atoms with Gasteiger partial charge < -0.3 is 5.32 Å². The number of hydrogen-bond acceptors (Lipinski definition) is 4. The van der Waals surface area contributed by atoms with Gasteiger partial charge in [0.2, 0.25) is 5.43 Å². The fraction of sp³-hybridized carbons (Fsp3) is 0.190. The highest BCUT2D eigenvalue weighted by Gasteiger charge is 2.15. The minimum absolute atomic E-state index is 0.117. The lowest BCUT2D eigenvalue weighted by Gasteiger charge is -2.11. The molecule has 0 saturated heterocycles. The van der Waals surface area contributed by atoms with Gasteiger partial charge in [-0.15, -0.1) is 0 Å². The molecule has 0 bridgehead atoms. The van der Waals surface area contributed by atoms with Gasteiger partial charge in [0.05, 0.1) is 5.69 Å². The maximum Gasteiger partial charge on any atom is 0.275 e.